The first-order valence-corrected chi connectivity index (χ1v) is 7.20. The molecular weight excluding hydrogens is 265 g/mol. The highest BCUT2D eigenvalue weighted by molar-refractivity contribution is 5.46. The molecule has 0 spiro atoms. The van der Waals surface area contributed by atoms with Crippen LogP contribution in [0.15, 0.2) is 12.1 Å². The van der Waals surface area contributed by atoms with E-state index in [1.165, 1.54) is 19.3 Å². The zero-order chi connectivity index (χ0) is 14.5. The van der Waals surface area contributed by atoms with Crippen LogP contribution in [0.25, 0.3) is 0 Å². The third kappa shape index (κ3) is 4.13. The quantitative estimate of drug-likeness (QED) is 0.822. The van der Waals surface area contributed by atoms with Crippen molar-refractivity contribution < 1.29 is 13.2 Å². The smallest absolute Gasteiger partial charge is 0.161 e. The first-order chi connectivity index (χ1) is 9.56. The van der Waals surface area contributed by atoms with Crippen molar-refractivity contribution in [2.75, 3.05) is 11.9 Å². The summed E-state index contributed by atoms with van der Waals surface area (Å²) in [6.07, 6.45) is 5.56. The molecule has 0 bridgehead atoms. The average molecular weight is 286 g/mol. The molecule has 2 N–H and O–H groups in total. The summed E-state index contributed by atoms with van der Waals surface area (Å²) < 4.78 is 39.5. The van der Waals surface area contributed by atoms with Gasteiger partial charge in [-0.3, -0.25) is 0 Å². The van der Waals surface area contributed by atoms with Crippen molar-refractivity contribution in [3.05, 3.63) is 29.6 Å². The van der Waals surface area contributed by atoms with Crippen LogP contribution in [-0.2, 0) is 0 Å². The van der Waals surface area contributed by atoms with Crippen molar-refractivity contribution in [2.45, 2.75) is 51.1 Å². The number of rotatable bonds is 4. The van der Waals surface area contributed by atoms with Crippen molar-refractivity contribution in [3.8, 4) is 0 Å². The van der Waals surface area contributed by atoms with E-state index in [0.717, 1.165) is 25.5 Å². The highest BCUT2D eigenvalue weighted by Crippen LogP contribution is 2.21. The number of hydrogen-bond acceptors (Lipinski definition) is 2. The molecule has 0 amide bonds. The fourth-order valence-electron chi connectivity index (χ4n) is 2.69. The lowest BCUT2D eigenvalue weighted by molar-refractivity contribution is 0.454. The van der Waals surface area contributed by atoms with Gasteiger partial charge in [0.05, 0.1) is 5.69 Å². The molecule has 2 nitrogen and oxygen atoms in total. The molecule has 2 atom stereocenters. The van der Waals surface area contributed by atoms with Gasteiger partial charge in [-0.2, -0.15) is 0 Å². The Morgan fingerprint density at radius 3 is 2.70 bits per heavy atom. The van der Waals surface area contributed by atoms with E-state index in [1.807, 2.05) is 6.92 Å². The fourth-order valence-corrected chi connectivity index (χ4v) is 2.69. The molecule has 20 heavy (non-hydrogen) atoms. The highest BCUT2D eigenvalue weighted by atomic mass is 19.2. The van der Waals surface area contributed by atoms with Crippen molar-refractivity contribution >= 4 is 5.69 Å². The lowest BCUT2D eigenvalue weighted by atomic mass is 10.0. The Bertz CT molecular complexity index is 443. The molecule has 5 heteroatoms. The Labute approximate surface area is 117 Å². The SMILES string of the molecule is CC(CC1CCCCCN1)Nc1cc(F)c(F)cc1F. The number of halogens is 3. The van der Waals surface area contributed by atoms with E-state index in [4.69, 9.17) is 0 Å². The van der Waals surface area contributed by atoms with E-state index in [2.05, 4.69) is 10.6 Å². The molecule has 1 aliphatic heterocycles. The van der Waals surface area contributed by atoms with Gasteiger partial charge in [-0.05, 0) is 32.7 Å². The summed E-state index contributed by atoms with van der Waals surface area (Å²) >= 11 is 0. The molecule has 0 saturated carbocycles. The predicted molar refractivity (Wildman–Crippen MR) is 74.3 cm³/mol. The summed E-state index contributed by atoms with van der Waals surface area (Å²) in [6.45, 7) is 2.93. The van der Waals surface area contributed by atoms with Gasteiger partial charge >= 0.3 is 0 Å². The fraction of sp³-hybridized carbons (Fsp3) is 0.600. The molecule has 112 valence electrons. The van der Waals surface area contributed by atoms with Gasteiger partial charge in [0.1, 0.15) is 5.82 Å². The van der Waals surface area contributed by atoms with Crippen LogP contribution >= 0.6 is 0 Å². The van der Waals surface area contributed by atoms with E-state index in [9.17, 15) is 13.2 Å². The monoisotopic (exact) mass is 286 g/mol. The molecule has 0 aliphatic carbocycles. The van der Waals surface area contributed by atoms with E-state index in [1.54, 1.807) is 0 Å². The summed E-state index contributed by atoms with van der Waals surface area (Å²) in [4.78, 5) is 0. The molecule has 1 saturated heterocycles. The third-order valence-corrected chi connectivity index (χ3v) is 3.71. The largest absolute Gasteiger partial charge is 0.380 e. The minimum Gasteiger partial charge on any atom is -0.380 e. The van der Waals surface area contributed by atoms with Gasteiger partial charge < -0.3 is 10.6 Å². The molecule has 2 rings (SSSR count). The Morgan fingerprint density at radius 1 is 1.15 bits per heavy atom. The predicted octanol–water partition coefficient (Wildman–Crippen LogP) is 3.83. The molecule has 0 aromatic heterocycles. The van der Waals surface area contributed by atoms with E-state index in [0.29, 0.717) is 12.1 Å². The van der Waals surface area contributed by atoms with E-state index in [-0.39, 0.29) is 11.7 Å². The minimum absolute atomic E-state index is 0.00930. The van der Waals surface area contributed by atoms with Gasteiger partial charge in [-0.25, -0.2) is 13.2 Å². The molecule has 1 fully saturated rings. The molecule has 2 unspecified atom stereocenters. The zero-order valence-corrected chi connectivity index (χ0v) is 11.7. The number of hydrogen-bond donors (Lipinski definition) is 2. The van der Waals surface area contributed by atoms with Gasteiger partial charge in [0.2, 0.25) is 0 Å². The van der Waals surface area contributed by atoms with Crippen LogP contribution in [0, 0.1) is 17.5 Å². The lowest BCUT2D eigenvalue weighted by Crippen LogP contribution is -2.33. The van der Waals surface area contributed by atoms with Crippen LogP contribution in [0.3, 0.4) is 0 Å². The maximum Gasteiger partial charge on any atom is 0.161 e. The van der Waals surface area contributed by atoms with Crippen LogP contribution in [0.2, 0.25) is 0 Å². The van der Waals surface area contributed by atoms with E-state index >= 15 is 0 Å². The molecular formula is C15H21F3N2. The van der Waals surface area contributed by atoms with Crippen LogP contribution in [0.4, 0.5) is 18.9 Å². The number of benzene rings is 1. The Hall–Kier alpha value is -1.23. The molecule has 0 radical (unpaired) electrons. The van der Waals surface area contributed by atoms with E-state index < -0.39 is 17.5 Å². The Kier molecular flexibility index (Phi) is 5.29. The van der Waals surface area contributed by atoms with Gasteiger partial charge in [0.15, 0.2) is 11.6 Å². The summed E-state index contributed by atoms with van der Waals surface area (Å²) in [5.74, 6) is -2.95. The third-order valence-electron chi connectivity index (χ3n) is 3.71. The Balaban J connectivity index is 1.93. The first-order valence-electron chi connectivity index (χ1n) is 7.20. The number of nitrogens with one attached hydrogen (secondary N) is 2. The topological polar surface area (TPSA) is 24.1 Å². The lowest BCUT2D eigenvalue weighted by Gasteiger charge is -2.22. The average Bonchev–Trinajstić information content (AvgIpc) is 2.64. The molecule has 1 aliphatic rings. The normalized spacial score (nSPS) is 21.3. The summed E-state index contributed by atoms with van der Waals surface area (Å²) in [5.41, 5.74) is 0.0185. The standard InChI is InChI=1S/C15H21F3N2/c1-10(7-11-5-3-2-4-6-19-11)20-15-9-13(17)12(16)8-14(15)18/h8-11,19-20H,2-7H2,1H3. The Morgan fingerprint density at radius 2 is 1.90 bits per heavy atom. The van der Waals surface area contributed by atoms with Crippen LogP contribution < -0.4 is 10.6 Å². The second kappa shape index (κ2) is 6.97. The van der Waals surface area contributed by atoms with Crippen LogP contribution in [0.5, 0.6) is 0 Å². The zero-order valence-electron chi connectivity index (χ0n) is 11.7. The van der Waals surface area contributed by atoms with Gasteiger partial charge in [-0.1, -0.05) is 12.8 Å². The summed E-state index contributed by atoms with van der Waals surface area (Å²) in [6, 6.07) is 1.84. The maximum atomic E-state index is 13.5. The maximum absolute atomic E-state index is 13.5. The second-order valence-corrected chi connectivity index (χ2v) is 5.53. The van der Waals surface area contributed by atoms with Gasteiger partial charge in [0, 0.05) is 24.2 Å². The summed E-state index contributed by atoms with van der Waals surface area (Å²) in [7, 11) is 0. The summed E-state index contributed by atoms with van der Waals surface area (Å²) in [5, 5.41) is 6.39. The van der Waals surface area contributed by atoms with Gasteiger partial charge in [0.25, 0.3) is 0 Å². The number of anilines is 1. The second-order valence-electron chi connectivity index (χ2n) is 5.53. The van der Waals surface area contributed by atoms with Crippen molar-refractivity contribution in [3.63, 3.8) is 0 Å². The highest BCUT2D eigenvalue weighted by Gasteiger charge is 2.17. The molecule has 1 aromatic carbocycles. The molecule has 1 heterocycles. The van der Waals surface area contributed by atoms with Crippen molar-refractivity contribution in [2.24, 2.45) is 0 Å². The van der Waals surface area contributed by atoms with Gasteiger partial charge in [-0.15, -0.1) is 0 Å². The van der Waals surface area contributed by atoms with Crippen LogP contribution in [0.1, 0.15) is 39.0 Å². The first kappa shape index (κ1) is 15.2. The van der Waals surface area contributed by atoms with Crippen molar-refractivity contribution in [1.29, 1.82) is 0 Å². The minimum atomic E-state index is -1.16. The molecule has 1 aromatic rings. The van der Waals surface area contributed by atoms with Crippen LogP contribution in [-0.4, -0.2) is 18.6 Å². The van der Waals surface area contributed by atoms with Crippen molar-refractivity contribution in [1.82, 2.24) is 5.32 Å².